The van der Waals surface area contributed by atoms with Crippen LogP contribution in [0.1, 0.15) is 40.8 Å². The van der Waals surface area contributed by atoms with Crippen LogP contribution in [0.4, 0.5) is 11.8 Å². The Morgan fingerprint density at radius 2 is 2.00 bits per heavy atom. The first-order valence-electron chi connectivity index (χ1n) is 10.4. The highest BCUT2D eigenvalue weighted by Gasteiger charge is 2.23. The fraction of sp³-hybridized carbons (Fsp3) is 0.500. The van der Waals surface area contributed by atoms with E-state index < -0.39 is 0 Å². The fourth-order valence-corrected chi connectivity index (χ4v) is 5.17. The van der Waals surface area contributed by atoms with Crippen molar-refractivity contribution in [2.75, 3.05) is 30.3 Å². The van der Waals surface area contributed by atoms with Crippen molar-refractivity contribution in [3.63, 3.8) is 0 Å². The number of piperidine rings is 1. The molecule has 3 N–H and O–H groups in total. The molecule has 1 saturated heterocycles. The molecule has 0 unspecified atom stereocenters. The number of thiophene rings is 1. The topological polar surface area (TPSA) is 80.0 Å². The number of hydrogen-bond donors (Lipinski definition) is 2. The standard InChI is InChI=1S/C22H30N6S/c1-14-6-10-24-13-17(14)5-4-9-25-18-7-11-28(12-8-18)21-20-19(26-22(23)27-21)15(2)16(3)29-20/h6,10,13,18,25H,4-5,7-9,11-12H2,1-3H3,(H2,23,26,27). The summed E-state index contributed by atoms with van der Waals surface area (Å²) in [5.41, 5.74) is 10.9. The van der Waals surface area contributed by atoms with Crippen LogP contribution >= 0.6 is 11.3 Å². The molecule has 3 aromatic heterocycles. The van der Waals surface area contributed by atoms with Gasteiger partial charge in [0.1, 0.15) is 0 Å². The van der Waals surface area contributed by atoms with Crippen LogP contribution in [0.2, 0.25) is 0 Å². The maximum atomic E-state index is 6.02. The number of nitrogen functional groups attached to an aromatic ring is 1. The number of nitrogens with two attached hydrogens (primary N) is 1. The van der Waals surface area contributed by atoms with E-state index in [9.17, 15) is 0 Å². The van der Waals surface area contributed by atoms with E-state index in [-0.39, 0.29) is 0 Å². The van der Waals surface area contributed by atoms with Gasteiger partial charge in [0, 0.05) is 36.4 Å². The van der Waals surface area contributed by atoms with E-state index >= 15 is 0 Å². The molecule has 4 rings (SSSR count). The molecule has 1 aliphatic rings. The number of aromatic nitrogens is 3. The molecule has 0 aromatic carbocycles. The number of rotatable bonds is 6. The normalized spacial score (nSPS) is 15.3. The van der Waals surface area contributed by atoms with Crippen molar-refractivity contribution in [1.82, 2.24) is 20.3 Å². The maximum absolute atomic E-state index is 6.02. The van der Waals surface area contributed by atoms with Crippen LogP contribution < -0.4 is 16.0 Å². The molecule has 0 spiro atoms. The summed E-state index contributed by atoms with van der Waals surface area (Å²) in [5, 5.41) is 3.74. The van der Waals surface area contributed by atoms with Gasteiger partial charge in [-0.3, -0.25) is 4.98 Å². The minimum absolute atomic E-state index is 0.374. The smallest absolute Gasteiger partial charge is 0.222 e. The molecule has 154 valence electrons. The Labute approximate surface area is 176 Å². The number of anilines is 2. The summed E-state index contributed by atoms with van der Waals surface area (Å²) in [4.78, 5) is 17.0. The second kappa shape index (κ2) is 8.63. The van der Waals surface area contributed by atoms with Gasteiger partial charge in [-0.2, -0.15) is 4.98 Å². The SMILES string of the molecule is Cc1ccncc1CCCNC1CCN(c2nc(N)nc3c(C)c(C)sc23)CC1. The van der Waals surface area contributed by atoms with E-state index in [0.717, 1.165) is 56.7 Å². The minimum Gasteiger partial charge on any atom is -0.368 e. The van der Waals surface area contributed by atoms with Crippen molar-refractivity contribution in [3.8, 4) is 0 Å². The van der Waals surface area contributed by atoms with E-state index in [1.165, 1.54) is 26.3 Å². The molecule has 0 bridgehead atoms. The van der Waals surface area contributed by atoms with Gasteiger partial charge in [-0.05, 0) is 75.8 Å². The first-order chi connectivity index (χ1) is 14.0. The molecule has 0 radical (unpaired) electrons. The third-order valence-electron chi connectivity index (χ3n) is 6.00. The van der Waals surface area contributed by atoms with Gasteiger partial charge >= 0.3 is 0 Å². The lowest BCUT2D eigenvalue weighted by Crippen LogP contribution is -2.43. The molecule has 1 fully saturated rings. The van der Waals surface area contributed by atoms with Crippen LogP contribution in [0.3, 0.4) is 0 Å². The number of nitrogens with zero attached hydrogens (tertiary/aromatic N) is 4. The highest BCUT2D eigenvalue weighted by molar-refractivity contribution is 7.19. The molecule has 1 aliphatic heterocycles. The zero-order valence-electron chi connectivity index (χ0n) is 17.5. The average molecular weight is 411 g/mol. The van der Waals surface area contributed by atoms with Gasteiger partial charge in [0.2, 0.25) is 5.95 Å². The van der Waals surface area contributed by atoms with E-state index in [2.05, 4.69) is 52.0 Å². The number of nitrogens with one attached hydrogen (secondary N) is 1. The van der Waals surface area contributed by atoms with Crippen molar-refractivity contribution >= 4 is 33.3 Å². The average Bonchev–Trinajstić information content (AvgIpc) is 3.00. The molecule has 0 atom stereocenters. The quantitative estimate of drug-likeness (QED) is 0.602. The second-order valence-electron chi connectivity index (χ2n) is 7.99. The predicted octanol–water partition coefficient (Wildman–Crippen LogP) is 3.78. The maximum Gasteiger partial charge on any atom is 0.222 e. The van der Waals surface area contributed by atoms with Crippen molar-refractivity contribution in [2.45, 2.75) is 52.5 Å². The van der Waals surface area contributed by atoms with Gasteiger partial charge in [-0.25, -0.2) is 4.98 Å². The largest absolute Gasteiger partial charge is 0.368 e. The van der Waals surface area contributed by atoms with Gasteiger partial charge in [0.25, 0.3) is 0 Å². The van der Waals surface area contributed by atoms with Crippen LogP contribution in [0.25, 0.3) is 10.2 Å². The summed E-state index contributed by atoms with van der Waals surface area (Å²) in [7, 11) is 0. The molecule has 4 heterocycles. The van der Waals surface area contributed by atoms with Crippen LogP contribution in [0.5, 0.6) is 0 Å². The Morgan fingerprint density at radius 3 is 2.76 bits per heavy atom. The van der Waals surface area contributed by atoms with E-state index in [4.69, 9.17) is 5.73 Å². The summed E-state index contributed by atoms with van der Waals surface area (Å²) in [6, 6.07) is 2.66. The number of hydrogen-bond acceptors (Lipinski definition) is 7. The summed E-state index contributed by atoms with van der Waals surface area (Å²) in [5.74, 6) is 1.39. The van der Waals surface area contributed by atoms with Gasteiger partial charge in [0.05, 0.1) is 10.2 Å². The third-order valence-corrected chi connectivity index (χ3v) is 7.19. The second-order valence-corrected chi connectivity index (χ2v) is 9.21. The monoisotopic (exact) mass is 410 g/mol. The van der Waals surface area contributed by atoms with E-state index in [1.54, 1.807) is 11.3 Å². The van der Waals surface area contributed by atoms with Crippen LogP contribution in [-0.2, 0) is 6.42 Å². The molecule has 0 saturated carbocycles. The predicted molar refractivity (Wildman–Crippen MR) is 122 cm³/mol. The molecule has 7 heteroatoms. The highest BCUT2D eigenvalue weighted by atomic mass is 32.1. The van der Waals surface area contributed by atoms with Crippen LogP contribution in [0, 0.1) is 20.8 Å². The van der Waals surface area contributed by atoms with Gasteiger partial charge < -0.3 is 16.0 Å². The first kappa shape index (κ1) is 20.0. The Morgan fingerprint density at radius 1 is 1.21 bits per heavy atom. The Balaban J connectivity index is 1.31. The van der Waals surface area contributed by atoms with E-state index in [1.807, 2.05) is 12.4 Å². The number of aryl methyl sites for hydroxylation is 4. The molecule has 6 nitrogen and oxygen atoms in total. The van der Waals surface area contributed by atoms with E-state index in [0.29, 0.717) is 12.0 Å². The Bertz CT molecular complexity index is 990. The molecular formula is C22H30N6S. The van der Waals surface area contributed by atoms with Crippen molar-refractivity contribution in [3.05, 3.63) is 40.0 Å². The summed E-state index contributed by atoms with van der Waals surface area (Å²) in [6.45, 7) is 9.47. The van der Waals surface area contributed by atoms with Gasteiger partial charge in [0.15, 0.2) is 5.82 Å². The molecule has 29 heavy (non-hydrogen) atoms. The van der Waals surface area contributed by atoms with Gasteiger partial charge in [-0.1, -0.05) is 0 Å². The first-order valence-corrected chi connectivity index (χ1v) is 11.3. The molecule has 0 amide bonds. The molecule has 3 aromatic rings. The number of fused-ring (bicyclic) bond motifs is 1. The summed E-state index contributed by atoms with van der Waals surface area (Å²) in [6.07, 6.45) is 8.34. The van der Waals surface area contributed by atoms with Crippen molar-refractivity contribution in [1.29, 1.82) is 0 Å². The lowest BCUT2D eigenvalue weighted by atomic mass is 10.0. The highest BCUT2D eigenvalue weighted by Crippen LogP contribution is 2.36. The zero-order valence-corrected chi connectivity index (χ0v) is 18.4. The third kappa shape index (κ3) is 4.36. The van der Waals surface area contributed by atoms with Gasteiger partial charge in [-0.15, -0.1) is 11.3 Å². The van der Waals surface area contributed by atoms with Crippen molar-refractivity contribution < 1.29 is 0 Å². The zero-order chi connectivity index (χ0) is 20.4. The fourth-order valence-electron chi connectivity index (χ4n) is 4.05. The molecular weight excluding hydrogens is 380 g/mol. The number of pyridine rings is 1. The Hall–Kier alpha value is -2.25. The van der Waals surface area contributed by atoms with Crippen LogP contribution in [0.15, 0.2) is 18.5 Å². The van der Waals surface area contributed by atoms with Crippen molar-refractivity contribution in [2.24, 2.45) is 0 Å². The molecule has 0 aliphatic carbocycles. The summed E-state index contributed by atoms with van der Waals surface area (Å²) < 4.78 is 1.17. The summed E-state index contributed by atoms with van der Waals surface area (Å²) >= 11 is 1.78. The van der Waals surface area contributed by atoms with Crippen LogP contribution in [-0.4, -0.2) is 40.6 Å². The minimum atomic E-state index is 0.374. The Kier molecular flexibility index (Phi) is 5.96. The lowest BCUT2D eigenvalue weighted by molar-refractivity contribution is 0.412. The lowest BCUT2D eigenvalue weighted by Gasteiger charge is -2.33.